The van der Waals surface area contributed by atoms with Crippen LogP contribution in [-0.4, -0.2) is 37.8 Å². The summed E-state index contributed by atoms with van der Waals surface area (Å²) >= 11 is 9.30. The predicted octanol–water partition coefficient (Wildman–Crippen LogP) is 4.22. The van der Waals surface area contributed by atoms with Crippen molar-refractivity contribution in [3.63, 3.8) is 0 Å². The largest absolute Gasteiger partial charge is 0.395 e. The lowest BCUT2D eigenvalue weighted by atomic mass is 9.97. The minimum atomic E-state index is -0.0802. The van der Waals surface area contributed by atoms with Gasteiger partial charge in [0.25, 0.3) is 0 Å². The zero-order chi connectivity index (χ0) is 20.5. The summed E-state index contributed by atoms with van der Waals surface area (Å²) in [5.41, 5.74) is 5.51. The van der Waals surface area contributed by atoms with Crippen molar-refractivity contribution < 1.29 is 5.11 Å². The summed E-state index contributed by atoms with van der Waals surface area (Å²) in [6.07, 6.45) is 1.80. The third-order valence-corrected chi connectivity index (χ3v) is 6.44. The highest BCUT2D eigenvalue weighted by Crippen LogP contribution is 2.41. The number of benzene rings is 1. The maximum atomic E-state index is 9.65. The Morgan fingerprint density at radius 3 is 2.62 bits per heavy atom. The highest BCUT2D eigenvalue weighted by molar-refractivity contribution is 9.10. The van der Waals surface area contributed by atoms with Gasteiger partial charge in [-0.15, -0.1) is 0 Å². The Labute approximate surface area is 184 Å². The predicted molar refractivity (Wildman–Crippen MR) is 122 cm³/mol. The Bertz CT molecular complexity index is 1040. The molecule has 2 N–H and O–H groups in total. The molecule has 0 saturated carbocycles. The van der Waals surface area contributed by atoms with Gasteiger partial charge in [0.05, 0.1) is 30.1 Å². The van der Waals surface area contributed by atoms with Gasteiger partial charge in [-0.1, -0.05) is 18.2 Å². The molecule has 1 saturated heterocycles. The van der Waals surface area contributed by atoms with Gasteiger partial charge < -0.3 is 19.9 Å². The van der Waals surface area contributed by atoms with E-state index >= 15 is 0 Å². The Morgan fingerprint density at radius 2 is 1.93 bits per heavy atom. The van der Waals surface area contributed by atoms with E-state index in [0.29, 0.717) is 11.7 Å². The Hall–Kier alpha value is -2.22. The number of thiocarbonyl (C=S) groups is 1. The first-order valence-electron chi connectivity index (χ1n) is 9.55. The van der Waals surface area contributed by atoms with E-state index in [4.69, 9.17) is 12.2 Å². The number of hydrogen-bond acceptors (Lipinski definition) is 3. The smallest absolute Gasteiger partial charge is 0.170 e. The minimum absolute atomic E-state index is 0.0379. The van der Waals surface area contributed by atoms with E-state index in [-0.39, 0.29) is 18.7 Å². The van der Waals surface area contributed by atoms with Crippen LogP contribution >= 0.6 is 28.1 Å². The fourth-order valence-corrected chi connectivity index (χ4v) is 4.98. The van der Waals surface area contributed by atoms with Crippen LogP contribution in [-0.2, 0) is 0 Å². The second kappa shape index (κ2) is 8.26. The van der Waals surface area contributed by atoms with Gasteiger partial charge in [0.1, 0.15) is 0 Å². The SMILES string of the molecule is Cc1cc([C@H]2[C@@H](c3ccccn3)NC(=S)N2CCO)c(C)n1-c1ccccc1Br. The van der Waals surface area contributed by atoms with Crippen LogP contribution in [0.25, 0.3) is 5.69 Å². The minimum Gasteiger partial charge on any atom is -0.395 e. The molecular formula is C22H23BrN4OS. The molecule has 1 aliphatic heterocycles. The van der Waals surface area contributed by atoms with Gasteiger partial charge in [-0.3, -0.25) is 4.98 Å². The van der Waals surface area contributed by atoms with Crippen molar-refractivity contribution in [1.82, 2.24) is 19.8 Å². The Balaban J connectivity index is 1.85. The molecule has 3 aromatic rings. The number of halogens is 1. The van der Waals surface area contributed by atoms with Crippen molar-refractivity contribution >= 4 is 33.3 Å². The molecule has 7 heteroatoms. The number of pyridine rings is 1. The number of aromatic nitrogens is 2. The summed E-state index contributed by atoms with van der Waals surface area (Å²) in [6.45, 7) is 4.76. The van der Waals surface area contributed by atoms with Crippen molar-refractivity contribution in [2.75, 3.05) is 13.2 Å². The molecule has 0 unspecified atom stereocenters. The quantitative estimate of drug-likeness (QED) is 0.546. The molecule has 0 amide bonds. The molecule has 3 heterocycles. The average molecular weight is 471 g/mol. The number of aryl methyl sites for hydroxylation is 1. The molecule has 1 fully saturated rings. The van der Waals surface area contributed by atoms with Crippen LogP contribution in [0.5, 0.6) is 0 Å². The molecule has 1 aromatic carbocycles. The summed E-state index contributed by atoms with van der Waals surface area (Å²) in [4.78, 5) is 6.64. The van der Waals surface area contributed by atoms with Gasteiger partial charge in [0.2, 0.25) is 0 Å². The zero-order valence-corrected chi connectivity index (χ0v) is 18.7. The lowest BCUT2D eigenvalue weighted by Crippen LogP contribution is -2.32. The van der Waals surface area contributed by atoms with Gasteiger partial charge in [-0.2, -0.15) is 0 Å². The van der Waals surface area contributed by atoms with E-state index < -0.39 is 0 Å². The van der Waals surface area contributed by atoms with Crippen LogP contribution < -0.4 is 5.32 Å². The van der Waals surface area contributed by atoms with Gasteiger partial charge in [-0.05, 0) is 77.9 Å². The fraction of sp³-hybridized carbons (Fsp3) is 0.273. The van der Waals surface area contributed by atoms with Gasteiger partial charge in [-0.25, -0.2) is 0 Å². The molecule has 0 radical (unpaired) electrons. The second-order valence-electron chi connectivity index (χ2n) is 7.16. The molecule has 0 aliphatic carbocycles. The van der Waals surface area contributed by atoms with Crippen LogP contribution in [0.2, 0.25) is 0 Å². The molecule has 4 rings (SSSR count). The molecule has 150 valence electrons. The van der Waals surface area contributed by atoms with Crippen LogP contribution in [0.15, 0.2) is 59.2 Å². The van der Waals surface area contributed by atoms with Crippen molar-refractivity contribution in [1.29, 1.82) is 0 Å². The molecule has 1 aliphatic rings. The number of aliphatic hydroxyl groups is 1. The third-order valence-electron chi connectivity index (χ3n) is 5.42. The van der Waals surface area contributed by atoms with E-state index in [1.54, 1.807) is 6.20 Å². The highest BCUT2D eigenvalue weighted by atomic mass is 79.9. The van der Waals surface area contributed by atoms with Crippen LogP contribution in [0, 0.1) is 13.8 Å². The van der Waals surface area contributed by atoms with Crippen molar-refractivity contribution in [2.45, 2.75) is 25.9 Å². The molecular weight excluding hydrogens is 448 g/mol. The van der Waals surface area contributed by atoms with Crippen LogP contribution in [0.3, 0.4) is 0 Å². The monoisotopic (exact) mass is 470 g/mol. The topological polar surface area (TPSA) is 53.3 Å². The average Bonchev–Trinajstić information content (AvgIpc) is 3.19. The van der Waals surface area contributed by atoms with Crippen LogP contribution in [0.1, 0.15) is 34.7 Å². The summed E-state index contributed by atoms with van der Waals surface area (Å²) < 4.78 is 3.30. The molecule has 0 spiro atoms. The van der Waals surface area contributed by atoms with Crippen molar-refractivity contribution in [3.05, 3.63) is 81.8 Å². The molecule has 29 heavy (non-hydrogen) atoms. The summed E-state index contributed by atoms with van der Waals surface area (Å²) in [7, 11) is 0. The maximum Gasteiger partial charge on any atom is 0.170 e. The number of aliphatic hydroxyl groups excluding tert-OH is 1. The summed E-state index contributed by atoms with van der Waals surface area (Å²) in [5, 5.41) is 13.7. The number of hydrogen-bond donors (Lipinski definition) is 2. The first kappa shape index (κ1) is 20.1. The maximum absolute atomic E-state index is 9.65. The lowest BCUT2D eigenvalue weighted by Gasteiger charge is -2.27. The molecule has 0 bridgehead atoms. The summed E-state index contributed by atoms with van der Waals surface area (Å²) in [5.74, 6) is 0. The lowest BCUT2D eigenvalue weighted by molar-refractivity contribution is 0.223. The third kappa shape index (κ3) is 3.58. The van der Waals surface area contributed by atoms with Gasteiger partial charge >= 0.3 is 0 Å². The molecule has 5 nitrogen and oxygen atoms in total. The summed E-state index contributed by atoms with van der Waals surface area (Å²) in [6, 6.07) is 16.2. The van der Waals surface area contributed by atoms with E-state index in [2.05, 4.69) is 67.7 Å². The van der Waals surface area contributed by atoms with Gasteiger partial charge in [0.15, 0.2) is 5.11 Å². The normalized spacial score (nSPS) is 18.9. The van der Waals surface area contributed by atoms with Crippen molar-refractivity contribution in [3.8, 4) is 5.69 Å². The fourth-order valence-electron chi connectivity index (χ4n) is 4.18. The van der Waals surface area contributed by atoms with E-state index in [0.717, 1.165) is 27.2 Å². The number of rotatable bonds is 5. The molecule has 2 aromatic heterocycles. The first-order chi connectivity index (χ1) is 14.0. The number of para-hydroxylation sites is 1. The van der Waals surface area contributed by atoms with E-state index in [1.807, 2.05) is 30.3 Å². The van der Waals surface area contributed by atoms with Crippen molar-refractivity contribution in [2.24, 2.45) is 0 Å². The zero-order valence-electron chi connectivity index (χ0n) is 16.3. The van der Waals surface area contributed by atoms with E-state index in [1.165, 1.54) is 5.56 Å². The molecule has 2 atom stereocenters. The first-order valence-corrected chi connectivity index (χ1v) is 10.8. The second-order valence-corrected chi connectivity index (χ2v) is 8.40. The van der Waals surface area contributed by atoms with E-state index in [9.17, 15) is 5.11 Å². The standard InChI is InChI=1S/C22H23BrN4OS/c1-14-13-16(15(2)27(14)19-9-4-3-7-17(19)23)21-20(18-8-5-6-10-24-18)25-22(29)26(21)11-12-28/h3-10,13,20-21,28H,11-12H2,1-2H3,(H,25,29)/t20-,21+/m1/s1. The van der Waals surface area contributed by atoms with Gasteiger partial charge in [0, 0.05) is 28.6 Å². The highest BCUT2D eigenvalue weighted by Gasteiger charge is 2.41. The number of nitrogens with one attached hydrogen (secondary N) is 1. The Morgan fingerprint density at radius 1 is 1.17 bits per heavy atom. The number of nitrogens with zero attached hydrogens (tertiary/aromatic N) is 3. The number of β-amino-alcohol motifs (C(OH)–C–C–N with tert-alkyl or cyclic N) is 1. The Kier molecular flexibility index (Phi) is 5.72. The van der Waals surface area contributed by atoms with Crippen LogP contribution in [0.4, 0.5) is 0 Å².